The Hall–Kier alpha value is -2.38. The molecular formula is C17H21N3O4. The molecule has 0 radical (unpaired) electrons. The lowest BCUT2D eigenvalue weighted by atomic mass is 10.1. The lowest BCUT2D eigenvalue weighted by Crippen LogP contribution is -2.41. The van der Waals surface area contributed by atoms with Gasteiger partial charge in [-0.1, -0.05) is 12.1 Å². The summed E-state index contributed by atoms with van der Waals surface area (Å²) in [5, 5.41) is 16.4. The molecule has 7 heteroatoms. The van der Waals surface area contributed by atoms with Crippen LogP contribution in [0.3, 0.4) is 0 Å². The highest BCUT2D eigenvalue weighted by Gasteiger charge is 2.27. The first kappa shape index (κ1) is 16.5. The number of anilines is 1. The normalized spacial score (nSPS) is 18.0. The monoisotopic (exact) mass is 331 g/mol. The molecule has 0 spiro atoms. The van der Waals surface area contributed by atoms with Crippen molar-refractivity contribution in [3.05, 3.63) is 30.6 Å². The number of fused-ring (bicyclic) bond motifs is 1. The van der Waals surface area contributed by atoms with Gasteiger partial charge in [0.15, 0.2) is 0 Å². The van der Waals surface area contributed by atoms with Crippen LogP contribution < -0.4 is 10.6 Å². The van der Waals surface area contributed by atoms with Crippen LogP contribution in [0.5, 0.6) is 0 Å². The Morgan fingerprint density at radius 2 is 2.17 bits per heavy atom. The maximum absolute atomic E-state index is 12.0. The molecule has 2 amide bonds. The molecule has 2 heterocycles. The standard InChI is InChI=1S/C17H21N3O4/c21-7-9-24-8-6-18-14-3-1-2-12-10-20(11-13(12)14)15-4-5-16(22)19-17(15)23/h1-3,10-11,15,18,21H,4-9H2,(H,19,22,23). The number of piperidine rings is 1. The first-order valence-electron chi connectivity index (χ1n) is 8.05. The molecule has 1 aliphatic rings. The van der Waals surface area contributed by atoms with Crippen LogP contribution in [0.1, 0.15) is 18.9 Å². The Bertz CT molecular complexity index is 741. The molecular weight excluding hydrogens is 310 g/mol. The second kappa shape index (κ2) is 7.46. The molecule has 24 heavy (non-hydrogen) atoms. The van der Waals surface area contributed by atoms with Crippen LogP contribution in [0.15, 0.2) is 30.6 Å². The number of ether oxygens (including phenoxy) is 1. The average molecular weight is 331 g/mol. The second-order valence-electron chi connectivity index (χ2n) is 5.74. The fraction of sp³-hybridized carbons (Fsp3) is 0.412. The van der Waals surface area contributed by atoms with Crippen LogP contribution in [0.25, 0.3) is 10.8 Å². The molecule has 1 atom stereocenters. The Morgan fingerprint density at radius 1 is 1.29 bits per heavy atom. The molecule has 0 bridgehead atoms. The predicted molar refractivity (Wildman–Crippen MR) is 89.8 cm³/mol. The molecule has 3 N–H and O–H groups in total. The third-order valence-corrected chi connectivity index (χ3v) is 4.07. The summed E-state index contributed by atoms with van der Waals surface area (Å²) < 4.78 is 7.11. The number of nitrogens with one attached hydrogen (secondary N) is 2. The van der Waals surface area contributed by atoms with E-state index >= 15 is 0 Å². The Kier molecular flexibility index (Phi) is 5.12. The van der Waals surface area contributed by atoms with Gasteiger partial charge in [0.2, 0.25) is 11.8 Å². The summed E-state index contributed by atoms with van der Waals surface area (Å²) in [5.41, 5.74) is 0.964. The minimum absolute atomic E-state index is 0.0182. The van der Waals surface area contributed by atoms with Gasteiger partial charge in [0.05, 0.1) is 19.8 Å². The zero-order valence-corrected chi connectivity index (χ0v) is 13.3. The number of benzene rings is 1. The lowest BCUT2D eigenvalue weighted by Gasteiger charge is -2.22. The first-order chi connectivity index (χ1) is 11.7. The molecule has 1 unspecified atom stereocenters. The molecule has 1 aromatic heterocycles. The van der Waals surface area contributed by atoms with Gasteiger partial charge in [-0.2, -0.15) is 0 Å². The van der Waals surface area contributed by atoms with Crippen LogP contribution in [0, 0.1) is 0 Å². The van der Waals surface area contributed by atoms with E-state index in [1.165, 1.54) is 0 Å². The van der Waals surface area contributed by atoms with Gasteiger partial charge in [-0.25, -0.2) is 0 Å². The van der Waals surface area contributed by atoms with E-state index in [4.69, 9.17) is 9.84 Å². The summed E-state index contributed by atoms with van der Waals surface area (Å²) in [6.07, 6.45) is 4.75. The fourth-order valence-electron chi connectivity index (χ4n) is 2.91. The van der Waals surface area contributed by atoms with Crippen molar-refractivity contribution in [3.8, 4) is 0 Å². The summed E-state index contributed by atoms with van der Waals surface area (Å²) >= 11 is 0. The van der Waals surface area contributed by atoms with Crippen molar-refractivity contribution >= 4 is 28.3 Å². The first-order valence-corrected chi connectivity index (χ1v) is 8.05. The lowest BCUT2D eigenvalue weighted by molar-refractivity contribution is -0.135. The van der Waals surface area contributed by atoms with E-state index < -0.39 is 0 Å². The van der Waals surface area contributed by atoms with Gasteiger partial charge >= 0.3 is 0 Å². The van der Waals surface area contributed by atoms with E-state index in [-0.39, 0.29) is 24.5 Å². The number of amides is 2. The van der Waals surface area contributed by atoms with E-state index in [0.29, 0.717) is 32.6 Å². The van der Waals surface area contributed by atoms with Crippen molar-refractivity contribution in [2.24, 2.45) is 0 Å². The van der Waals surface area contributed by atoms with Gasteiger partial charge in [0.25, 0.3) is 0 Å². The number of imide groups is 1. The van der Waals surface area contributed by atoms with Gasteiger partial charge < -0.3 is 19.7 Å². The van der Waals surface area contributed by atoms with Crippen LogP contribution in [-0.4, -0.2) is 47.9 Å². The largest absolute Gasteiger partial charge is 0.394 e. The number of nitrogens with zero attached hydrogens (tertiary/aromatic N) is 1. The second-order valence-corrected chi connectivity index (χ2v) is 5.74. The zero-order valence-electron chi connectivity index (χ0n) is 13.3. The number of hydrogen-bond donors (Lipinski definition) is 3. The van der Waals surface area contributed by atoms with Crippen LogP contribution in [0.2, 0.25) is 0 Å². The van der Waals surface area contributed by atoms with E-state index in [0.717, 1.165) is 16.5 Å². The van der Waals surface area contributed by atoms with Gasteiger partial charge in [-0.3, -0.25) is 14.9 Å². The van der Waals surface area contributed by atoms with Crippen LogP contribution >= 0.6 is 0 Å². The van der Waals surface area contributed by atoms with Crippen LogP contribution in [-0.2, 0) is 14.3 Å². The van der Waals surface area contributed by atoms with Crippen molar-refractivity contribution in [2.45, 2.75) is 18.9 Å². The maximum Gasteiger partial charge on any atom is 0.249 e. The zero-order chi connectivity index (χ0) is 16.9. The summed E-state index contributed by atoms with van der Waals surface area (Å²) in [7, 11) is 0. The van der Waals surface area contributed by atoms with E-state index in [1.807, 2.05) is 35.2 Å². The number of rotatable bonds is 7. The Balaban J connectivity index is 1.74. The van der Waals surface area contributed by atoms with Gasteiger partial charge in [-0.15, -0.1) is 0 Å². The molecule has 1 fully saturated rings. The highest BCUT2D eigenvalue weighted by molar-refractivity contribution is 6.00. The molecule has 2 aromatic rings. The molecule has 1 aliphatic heterocycles. The number of aliphatic hydroxyl groups is 1. The third-order valence-electron chi connectivity index (χ3n) is 4.07. The molecule has 7 nitrogen and oxygen atoms in total. The number of hydrogen-bond acceptors (Lipinski definition) is 5. The average Bonchev–Trinajstić information content (AvgIpc) is 2.99. The SMILES string of the molecule is O=C1CCC(n2cc3cccc(NCCOCCO)c3c2)C(=O)N1. The summed E-state index contributed by atoms with van der Waals surface area (Å²) in [4.78, 5) is 23.3. The molecule has 0 saturated carbocycles. The molecule has 3 rings (SSSR count). The minimum atomic E-state index is -0.351. The van der Waals surface area contributed by atoms with Gasteiger partial charge in [-0.05, 0) is 12.5 Å². The number of aromatic nitrogens is 1. The van der Waals surface area contributed by atoms with Crippen molar-refractivity contribution < 1.29 is 19.4 Å². The van der Waals surface area contributed by atoms with E-state index in [1.54, 1.807) is 0 Å². The summed E-state index contributed by atoms with van der Waals surface area (Å²) in [6, 6.07) is 5.57. The van der Waals surface area contributed by atoms with E-state index in [9.17, 15) is 9.59 Å². The molecule has 1 saturated heterocycles. The predicted octanol–water partition coefficient (Wildman–Crippen LogP) is 1.04. The number of aliphatic hydroxyl groups excluding tert-OH is 1. The van der Waals surface area contributed by atoms with Crippen molar-refractivity contribution in [3.63, 3.8) is 0 Å². The van der Waals surface area contributed by atoms with Crippen molar-refractivity contribution in [1.82, 2.24) is 9.88 Å². The van der Waals surface area contributed by atoms with Gasteiger partial charge in [0.1, 0.15) is 6.04 Å². The van der Waals surface area contributed by atoms with Crippen LogP contribution in [0.4, 0.5) is 5.69 Å². The van der Waals surface area contributed by atoms with Crippen molar-refractivity contribution in [1.29, 1.82) is 0 Å². The van der Waals surface area contributed by atoms with Gasteiger partial charge in [0, 0.05) is 41.8 Å². The molecule has 128 valence electrons. The maximum atomic E-state index is 12.0. The number of carbonyl (C=O) groups is 2. The summed E-state index contributed by atoms with van der Waals surface area (Å²) in [6.45, 7) is 1.48. The summed E-state index contributed by atoms with van der Waals surface area (Å²) in [5.74, 6) is -0.461. The molecule has 1 aromatic carbocycles. The highest BCUT2D eigenvalue weighted by atomic mass is 16.5. The smallest absolute Gasteiger partial charge is 0.249 e. The quantitative estimate of drug-likeness (QED) is 0.521. The fourth-order valence-corrected chi connectivity index (χ4v) is 2.91. The topological polar surface area (TPSA) is 92.6 Å². The number of carbonyl (C=O) groups excluding carboxylic acids is 2. The minimum Gasteiger partial charge on any atom is -0.394 e. The van der Waals surface area contributed by atoms with Crippen molar-refractivity contribution in [2.75, 3.05) is 31.7 Å². The van der Waals surface area contributed by atoms with E-state index in [2.05, 4.69) is 10.6 Å². The third kappa shape index (κ3) is 3.58. The Morgan fingerprint density at radius 3 is 2.96 bits per heavy atom. The Labute approximate surface area is 139 Å². The molecule has 0 aliphatic carbocycles. The highest BCUT2D eigenvalue weighted by Crippen LogP contribution is 2.28.